The zero-order chi connectivity index (χ0) is 14.6. The molecule has 0 aromatic carbocycles. The first-order valence-corrected chi connectivity index (χ1v) is 8.41. The lowest BCUT2D eigenvalue weighted by Crippen LogP contribution is -3.00. The van der Waals surface area contributed by atoms with Gasteiger partial charge in [-0.1, -0.05) is 52.9 Å². The SMILES string of the molecule is CCCCCCCC[N+](C)(C)COCC(C)CCC.[Cl-]. The monoisotopic (exact) mass is 307 g/mol. The van der Waals surface area contributed by atoms with Gasteiger partial charge in [0, 0.05) is 0 Å². The summed E-state index contributed by atoms with van der Waals surface area (Å²) in [4.78, 5) is 0. The summed E-state index contributed by atoms with van der Waals surface area (Å²) in [6.45, 7) is 9.84. The molecule has 0 aliphatic carbocycles. The molecule has 0 aromatic rings. The van der Waals surface area contributed by atoms with Gasteiger partial charge in [-0.25, -0.2) is 0 Å². The van der Waals surface area contributed by atoms with Crippen LogP contribution in [0.5, 0.6) is 0 Å². The van der Waals surface area contributed by atoms with E-state index in [0.29, 0.717) is 5.92 Å². The lowest BCUT2D eigenvalue weighted by molar-refractivity contribution is -0.910. The van der Waals surface area contributed by atoms with E-state index in [9.17, 15) is 0 Å². The van der Waals surface area contributed by atoms with Crippen molar-refractivity contribution in [3.05, 3.63) is 0 Å². The summed E-state index contributed by atoms with van der Waals surface area (Å²) in [5, 5.41) is 0. The lowest BCUT2D eigenvalue weighted by atomic mass is 10.1. The molecule has 0 saturated carbocycles. The molecule has 0 bridgehead atoms. The normalized spacial score (nSPS) is 13.1. The zero-order valence-electron chi connectivity index (χ0n) is 14.6. The fourth-order valence-electron chi connectivity index (χ4n) is 2.46. The second-order valence-corrected chi connectivity index (χ2v) is 6.82. The Morgan fingerprint density at radius 1 is 0.900 bits per heavy atom. The Balaban J connectivity index is 0. The number of halogens is 1. The van der Waals surface area contributed by atoms with Gasteiger partial charge >= 0.3 is 0 Å². The third kappa shape index (κ3) is 14.6. The maximum Gasteiger partial charge on any atom is 0.182 e. The smallest absolute Gasteiger partial charge is 0.182 e. The first-order valence-electron chi connectivity index (χ1n) is 8.41. The molecule has 124 valence electrons. The third-order valence-corrected chi connectivity index (χ3v) is 3.74. The van der Waals surface area contributed by atoms with Crippen LogP contribution in [0.25, 0.3) is 0 Å². The number of quaternary nitrogens is 1. The van der Waals surface area contributed by atoms with Crippen molar-refractivity contribution in [2.75, 3.05) is 34.0 Å². The van der Waals surface area contributed by atoms with Crippen molar-refractivity contribution in [1.29, 1.82) is 0 Å². The molecule has 0 aliphatic heterocycles. The van der Waals surface area contributed by atoms with Crippen LogP contribution in [-0.2, 0) is 4.74 Å². The van der Waals surface area contributed by atoms with E-state index in [2.05, 4.69) is 34.9 Å². The lowest BCUT2D eigenvalue weighted by Gasteiger charge is -2.29. The average molecular weight is 308 g/mol. The minimum Gasteiger partial charge on any atom is -1.00 e. The predicted molar refractivity (Wildman–Crippen MR) is 85.2 cm³/mol. The van der Waals surface area contributed by atoms with Crippen molar-refractivity contribution in [3.8, 4) is 0 Å². The molecule has 0 spiro atoms. The van der Waals surface area contributed by atoms with Crippen molar-refractivity contribution in [1.82, 2.24) is 0 Å². The second kappa shape index (κ2) is 14.2. The number of hydrogen-bond acceptors (Lipinski definition) is 1. The van der Waals surface area contributed by atoms with Crippen molar-refractivity contribution in [2.45, 2.75) is 72.1 Å². The molecule has 0 rings (SSSR count). The molecular formula is C17H38ClNO. The number of unbranched alkanes of at least 4 members (excludes halogenated alkanes) is 5. The summed E-state index contributed by atoms with van der Waals surface area (Å²) in [6.07, 6.45) is 10.8. The van der Waals surface area contributed by atoms with Gasteiger partial charge in [0.15, 0.2) is 6.73 Å². The average Bonchev–Trinajstić information content (AvgIpc) is 2.33. The summed E-state index contributed by atoms with van der Waals surface area (Å²) in [5.74, 6) is 0.707. The van der Waals surface area contributed by atoms with Gasteiger partial charge in [-0.15, -0.1) is 0 Å². The van der Waals surface area contributed by atoms with Crippen LogP contribution in [0.4, 0.5) is 0 Å². The van der Waals surface area contributed by atoms with Gasteiger partial charge in [-0.05, 0) is 25.2 Å². The molecule has 1 atom stereocenters. The summed E-state index contributed by atoms with van der Waals surface area (Å²) >= 11 is 0. The molecule has 0 N–H and O–H groups in total. The summed E-state index contributed by atoms with van der Waals surface area (Å²) < 4.78 is 6.89. The fourth-order valence-corrected chi connectivity index (χ4v) is 2.46. The minimum absolute atomic E-state index is 0. The maximum absolute atomic E-state index is 5.88. The molecule has 0 aromatic heterocycles. The van der Waals surface area contributed by atoms with Crippen LogP contribution in [0.2, 0.25) is 0 Å². The van der Waals surface area contributed by atoms with Crippen LogP contribution in [0.3, 0.4) is 0 Å². The Morgan fingerprint density at radius 3 is 2.10 bits per heavy atom. The largest absolute Gasteiger partial charge is 1.00 e. The van der Waals surface area contributed by atoms with E-state index in [-0.39, 0.29) is 12.4 Å². The number of rotatable bonds is 13. The molecule has 2 nitrogen and oxygen atoms in total. The van der Waals surface area contributed by atoms with E-state index in [1.54, 1.807) is 0 Å². The van der Waals surface area contributed by atoms with E-state index < -0.39 is 0 Å². The standard InChI is InChI=1S/C17H38NO.ClH/c1-6-8-9-10-11-12-14-18(4,5)16-19-15-17(3)13-7-2;/h17H,6-16H2,1-5H3;1H/q+1;/p-1. The van der Waals surface area contributed by atoms with E-state index in [4.69, 9.17) is 4.74 Å². The Hall–Kier alpha value is 0.210. The van der Waals surface area contributed by atoms with E-state index >= 15 is 0 Å². The van der Waals surface area contributed by atoms with Gasteiger partial charge in [-0.3, -0.25) is 0 Å². The highest BCUT2D eigenvalue weighted by molar-refractivity contribution is 4.48. The molecule has 0 aliphatic rings. The van der Waals surface area contributed by atoms with E-state index in [1.165, 1.54) is 57.9 Å². The van der Waals surface area contributed by atoms with Gasteiger partial charge in [0.1, 0.15) is 0 Å². The van der Waals surface area contributed by atoms with Gasteiger partial charge in [-0.2, -0.15) is 0 Å². The number of ether oxygens (including phenoxy) is 1. The van der Waals surface area contributed by atoms with Crippen LogP contribution in [0.15, 0.2) is 0 Å². The molecule has 0 saturated heterocycles. The van der Waals surface area contributed by atoms with Crippen LogP contribution in [0.1, 0.15) is 72.1 Å². The number of hydrogen-bond donors (Lipinski definition) is 0. The minimum atomic E-state index is 0. The Bertz CT molecular complexity index is 197. The van der Waals surface area contributed by atoms with Crippen LogP contribution < -0.4 is 12.4 Å². The summed E-state index contributed by atoms with van der Waals surface area (Å²) in [5.41, 5.74) is 0. The summed E-state index contributed by atoms with van der Waals surface area (Å²) in [6, 6.07) is 0. The molecule has 0 amide bonds. The molecule has 3 heteroatoms. The first-order chi connectivity index (χ1) is 9.02. The van der Waals surface area contributed by atoms with Crippen molar-refractivity contribution in [2.24, 2.45) is 5.92 Å². The van der Waals surface area contributed by atoms with E-state index in [1.807, 2.05) is 0 Å². The molecule has 1 unspecified atom stereocenters. The number of nitrogens with zero attached hydrogens (tertiary/aromatic N) is 1. The van der Waals surface area contributed by atoms with Crippen molar-refractivity contribution in [3.63, 3.8) is 0 Å². The first kappa shape index (κ1) is 22.5. The highest BCUT2D eigenvalue weighted by Gasteiger charge is 2.15. The van der Waals surface area contributed by atoms with Gasteiger partial charge in [0.05, 0.1) is 27.2 Å². The topological polar surface area (TPSA) is 9.23 Å². The zero-order valence-corrected chi connectivity index (χ0v) is 15.3. The second-order valence-electron chi connectivity index (χ2n) is 6.82. The molecule has 0 radical (unpaired) electrons. The Kier molecular flexibility index (Phi) is 15.9. The van der Waals surface area contributed by atoms with E-state index in [0.717, 1.165) is 17.8 Å². The highest BCUT2D eigenvalue weighted by Crippen LogP contribution is 2.10. The van der Waals surface area contributed by atoms with Gasteiger partial charge in [0.2, 0.25) is 0 Å². The van der Waals surface area contributed by atoms with Crippen LogP contribution in [0, 0.1) is 5.92 Å². The van der Waals surface area contributed by atoms with Crippen LogP contribution in [-0.4, -0.2) is 38.5 Å². The summed E-state index contributed by atoms with van der Waals surface area (Å²) in [7, 11) is 4.58. The van der Waals surface area contributed by atoms with Crippen molar-refractivity contribution >= 4 is 0 Å². The Morgan fingerprint density at radius 2 is 1.50 bits per heavy atom. The van der Waals surface area contributed by atoms with Crippen molar-refractivity contribution < 1.29 is 21.6 Å². The molecular weight excluding hydrogens is 270 g/mol. The highest BCUT2D eigenvalue weighted by atomic mass is 35.5. The quantitative estimate of drug-likeness (QED) is 0.287. The fraction of sp³-hybridized carbons (Fsp3) is 1.00. The predicted octanol–water partition coefficient (Wildman–Crippen LogP) is 1.84. The van der Waals surface area contributed by atoms with Crippen LogP contribution >= 0.6 is 0 Å². The molecule has 0 heterocycles. The Labute approximate surface area is 134 Å². The maximum atomic E-state index is 5.88. The molecule has 0 fully saturated rings. The van der Waals surface area contributed by atoms with Gasteiger partial charge in [0.25, 0.3) is 0 Å². The third-order valence-electron chi connectivity index (χ3n) is 3.74. The van der Waals surface area contributed by atoms with Gasteiger partial charge < -0.3 is 21.6 Å². The molecule has 20 heavy (non-hydrogen) atoms.